The molecule has 0 aromatic heterocycles. The van der Waals surface area contributed by atoms with Gasteiger partial charge in [0, 0.05) is 82.5 Å². The second-order valence-corrected chi connectivity index (χ2v) is 31.0. The van der Waals surface area contributed by atoms with Crippen LogP contribution < -0.4 is 16.0 Å². The van der Waals surface area contributed by atoms with Crippen molar-refractivity contribution >= 4 is 70.9 Å². The highest BCUT2D eigenvalue weighted by atomic mass is 19.4. The number of hydrogen-bond donors (Lipinski definition) is 3. The molecule has 2 bridgehead atoms. The Kier molecular flexibility index (Phi) is 29.5. The molecule has 1 spiro atoms. The van der Waals surface area contributed by atoms with Crippen LogP contribution in [-0.4, -0.2) is 289 Å². The maximum absolute atomic E-state index is 15.6. The highest BCUT2D eigenvalue weighted by Gasteiger charge is 2.56. The van der Waals surface area contributed by atoms with Gasteiger partial charge in [-0.25, -0.2) is 8.78 Å². The molecule has 594 valence electrons. The SMILES string of the molecule is CCO[C@@H]1C[C@H]2C(=O)NC3(CCCC3)C(=O)N(C)[C@@H](C3CCCC3)C(=O)N(C)[C@H](C(=O)N(C)C)CC(=O)N(C)[C@@H](C)C(=O)N[C@@H]([C@@H](C)CC)C(=O)N(C)CC(=O)N(C)[C@H]3CCCCN(C3=O)[C@@H](CC3CCC(C(F)(F)F)CC3)C(=O)N(C)CC(=O)N[C@@H](CCC3CC(F)C(C(F)(F)F)C(F)C3)C(=O)N2C1. The van der Waals surface area contributed by atoms with E-state index in [1.165, 1.54) is 78.0 Å². The lowest BCUT2D eigenvalue weighted by Gasteiger charge is -2.42. The molecule has 2 unspecified atom stereocenters. The first-order valence-electron chi connectivity index (χ1n) is 37.5. The third kappa shape index (κ3) is 20.4. The number of carbonyl (C=O) groups excluding carboxylic acids is 12. The van der Waals surface area contributed by atoms with Crippen LogP contribution in [0.1, 0.15) is 175 Å². The van der Waals surface area contributed by atoms with Crippen LogP contribution in [0.4, 0.5) is 35.1 Å². The van der Waals surface area contributed by atoms with Crippen molar-refractivity contribution in [3.63, 3.8) is 0 Å². The Morgan fingerprint density at radius 3 is 1.79 bits per heavy atom. The van der Waals surface area contributed by atoms with Crippen molar-refractivity contribution in [3.05, 3.63) is 0 Å². The Morgan fingerprint density at radius 2 is 1.22 bits per heavy atom. The molecular weight excluding hydrogens is 1390 g/mol. The molecule has 3 N–H and O–H groups in total. The average Bonchev–Trinajstić information content (AvgIpc) is 1.71. The predicted octanol–water partition coefficient (Wildman–Crippen LogP) is 5.55. The van der Waals surface area contributed by atoms with Crippen molar-refractivity contribution in [1.82, 2.24) is 60.0 Å². The number of rotatable bonds is 11. The van der Waals surface area contributed by atoms with Gasteiger partial charge >= 0.3 is 12.4 Å². The average molecular weight is 1510 g/mol. The van der Waals surface area contributed by atoms with Gasteiger partial charge in [0.1, 0.15) is 72.1 Å². The van der Waals surface area contributed by atoms with Crippen LogP contribution in [0.25, 0.3) is 0 Å². The van der Waals surface area contributed by atoms with Gasteiger partial charge in [0.2, 0.25) is 70.9 Å². The van der Waals surface area contributed by atoms with E-state index in [2.05, 4.69) is 16.0 Å². The van der Waals surface area contributed by atoms with Gasteiger partial charge in [-0.3, -0.25) is 57.5 Å². The lowest BCUT2D eigenvalue weighted by Crippen LogP contribution is -2.65. The van der Waals surface area contributed by atoms with Crippen molar-refractivity contribution < 1.29 is 97.4 Å². The summed E-state index contributed by atoms with van der Waals surface area (Å²) in [4.78, 5) is 190. The largest absolute Gasteiger partial charge is 0.397 e. The van der Waals surface area contributed by atoms with E-state index >= 15 is 37.5 Å². The lowest BCUT2D eigenvalue weighted by atomic mass is 9.76. The summed E-state index contributed by atoms with van der Waals surface area (Å²) in [7, 11) is 10.8. The maximum atomic E-state index is 15.6. The van der Waals surface area contributed by atoms with Crippen molar-refractivity contribution in [2.75, 3.05) is 89.2 Å². The smallest absolute Gasteiger partial charge is 0.377 e. The zero-order chi connectivity index (χ0) is 78.1. The summed E-state index contributed by atoms with van der Waals surface area (Å²) in [6, 6.07) is -11.2. The van der Waals surface area contributed by atoms with Gasteiger partial charge in [0.25, 0.3) is 0 Å². The van der Waals surface area contributed by atoms with Gasteiger partial charge in [-0.1, -0.05) is 46.0 Å². The molecule has 0 aromatic rings. The van der Waals surface area contributed by atoms with Crippen molar-refractivity contribution in [2.45, 2.75) is 260 Å². The number of carbonyl (C=O) groups is 12. The zero-order valence-corrected chi connectivity index (χ0v) is 63.0. The molecule has 105 heavy (non-hydrogen) atoms. The van der Waals surface area contributed by atoms with Crippen molar-refractivity contribution in [2.24, 2.45) is 35.5 Å². The molecule has 25 nitrogen and oxygen atoms in total. The summed E-state index contributed by atoms with van der Waals surface area (Å²) in [6.45, 7) is 4.75. The van der Waals surface area contributed by atoms with Gasteiger partial charge in [-0.2, -0.15) is 26.3 Å². The molecule has 7 rings (SSSR count). The molecule has 3 saturated heterocycles. The van der Waals surface area contributed by atoms with Crippen LogP contribution in [0.5, 0.6) is 0 Å². The molecule has 12 atom stereocenters. The number of hydrogen-bond acceptors (Lipinski definition) is 13. The highest BCUT2D eigenvalue weighted by molar-refractivity contribution is 6.01. The first-order chi connectivity index (χ1) is 49.2. The maximum Gasteiger partial charge on any atom is 0.397 e. The van der Waals surface area contributed by atoms with Gasteiger partial charge < -0.3 is 64.8 Å². The van der Waals surface area contributed by atoms with Crippen LogP contribution >= 0.6 is 0 Å². The van der Waals surface area contributed by atoms with E-state index in [0.29, 0.717) is 51.4 Å². The van der Waals surface area contributed by atoms with Crippen LogP contribution in [0.2, 0.25) is 0 Å². The summed E-state index contributed by atoms with van der Waals surface area (Å²) in [5.41, 5.74) is -1.71. The lowest BCUT2D eigenvalue weighted by molar-refractivity contribution is -0.219. The van der Waals surface area contributed by atoms with E-state index in [9.17, 15) is 55.1 Å². The van der Waals surface area contributed by atoms with Crippen LogP contribution in [-0.2, 0) is 62.3 Å². The molecule has 0 aromatic carbocycles. The summed E-state index contributed by atoms with van der Waals surface area (Å²) >= 11 is 0. The van der Waals surface area contributed by atoms with Crippen molar-refractivity contribution in [3.8, 4) is 0 Å². The minimum absolute atomic E-state index is 0.00944. The van der Waals surface area contributed by atoms with Crippen LogP contribution in [0.15, 0.2) is 0 Å². The Balaban J connectivity index is 1.31. The number of fused-ring (bicyclic) bond motifs is 3. The fourth-order valence-electron chi connectivity index (χ4n) is 16.9. The number of ether oxygens (including phenoxy) is 1. The second-order valence-electron chi connectivity index (χ2n) is 31.0. The number of likely N-dealkylation sites (N-methyl/N-ethyl adjacent to an activating group) is 7. The Labute approximate surface area is 610 Å². The number of halogens is 8. The third-order valence-corrected chi connectivity index (χ3v) is 23.7. The monoisotopic (exact) mass is 1500 g/mol. The predicted molar refractivity (Wildman–Crippen MR) is 367 cm³/mol. The molecule has 4 aliphatic carbocycles. The molecule has 12 amide bonds. The Hall–Kier alpha value is -6.96. The minimum atomic E-state index is -5.21. The molecule has 3 aliphatic heterocycles. The van der Waals surface area contributed by atoms with Gasteiger partial charge in [0.05, 0.1) is 31.5 Å². The normalized spacial score (nSPS) is 32.3. The van der Waals surface area contributed by atoms with E-state index in [-0.39, 0.29) is 90.3 Å². The van der Waals surface area contributed by atoms with Crippen molar-refractivity contribution in [1.29, 1.82) is 0 Å². The quantitative estimate of drug-likeness (QED) is 0.214. The summed E-state index contributed by atoms with van der Waals surface area (Å²) in [5, 5.41) is 8.36. The number of nitrogens with zero attached hydrogens (tertiary/aromatic N) is 9. The first-order valence-corrected chi connectivity index (χ1v) is 37.5. The molecule has 3 heterocycles. The molecule has 33 heteroatoms. The summed E-state index contributed by atoms with van der Waals surface area (Å²) < 4.78 is 121. The van der Waals surface area contributed by atoms with E-state index in [0.717, 1.165) is 29.4 Å². The fourth-order valence-corrected chi connectivity index (χ4v) is 16.9. The van der Waals surface area contributed by atoms with E-state index < -0.39 is 230 Å². The van der Waals surface area contributed by atoms with Crippen LogP contribution in [0.3, 0.4) is 0 Å². The highest BCUT2D eigenvalue weighted by Crippen LogP contribution is 2.46. The molecule has 0 radical (unpaired) electrons. The summed E-state index contributed by atoms with van der Waals surface area (Å²) in [5.74, 6) is -16.7. The summed E-state index contributed by atoms with van der Waals surface area (Å²) in [6.07, 6.45) is -15.4. The number of alkyl halides is 8. The molecule has 7 aliphatic rings. The molecule has 7 fully saturated rings. The van der Waals surface area contributed by atoms with Gasteiger partial charge in [-0.05, 0) is 140 Å². The Bertz CT molecular complexity index is 3100. The second kappa shape index (κ2) is 36.3. The zero-order valence-electron chi connectivity index (χ0n) is 63.0. The number of nitrogens with one attached hydrogen (secondary N) is 3. The molecular formula is C72H112F8N12O13. The minimum Gasteiger partial charge on any atom is -0.377 e. The molecule has 4 saturated carbocycles. The van der Waals surface area contributed by atoms with Gasteiger partial charge in [0.15, 0.2) is 0 Å². The standard InChI is InChI=1S/C72H112F8N12O13/c1-13-41(3)59-67(102)86(8)40-57(95)88(10)51-23-17-20-32-91(66(51)101)54(35-43-24-27-46(28-25-43)71(75,76)77)65(100)85(7)39-55(93)81-50(29-26-44-33-48(73)58(49(74)34-44)72(78,79)80)63(98)92-38-47(105-14-2)36-52(92)62(97)83-70(30-18-19-31-70)69(104)90(12)60(45-21-15-16-22-45)68(103)89(11)53(64(99)84(5)6)37-56(94)87(9)42(4)61(96)82-59/h41-54,58-60H,13-40H2,1-12H3,(H,81,93)(H,82,96)(H,83,97)/t41-,42-,43?,44?,46?,47+,48?,49?,50-,51-,52-,53-,54-,58?,59-,60-/m0/s1. The van der Waals surface area contributed by atoms with E-state index in [1.807, 2.05) is 0 Å². The van der Waals surface area contributed by atoms with E-state index in [4.69, 9.17) is 4.74 Å². The van der Waals surface area contributed by atoms with E-state index in [1.54, 1.807) is 20.8 Å². The fraction of sp³-hybridized carbons (Fsp3) is 0.833. The Morgan fingerprint density at radius 1 is 0.619 bits per heavy atom. The first kappa shape index (κ1) is 85.3. The van der Waals surface area contributed by atoms with Crippen LogP contribution in [0, 0.1) is 35.5 Å². The third-order valence-electron chi connectivity index (χ3n) is 23.7. The topological polar surface area (TPSA) is 279 Å². The number of amides is 12. The van der Waals surface area contributed by atoms with Gasteiger partial charge in [-0.15, -0.1) is 0 Å².